The van der Waals surface area contributed by atoms with Gasteiger partial charge < -0.3 is 29.5 Å². The van der Waals surface area contributed by atoms with Crippen LogP contribution in [-0.2, 0) is 10.2 Å². The quantitative estimate of drug-likeness (QED) is 0.329. The summed E-state index contributed by atoms with van der Waals surface area (Å²) in [6, 6.07) is 15.6. The topological polar surface area (TPSA) is 88.4 Å². The van der Waals surface area contributed by atoms with Crippen LogP contribution in [0.15, 0.2) is 48.5 Å². The number of aliphatic hydroxyl groups excluding tert-OH is 3. The number of rotatable bonds is 13. The van der Waals surface area contributed by atoms with Gasteiger partial charge in [0.2, 0.25) is 0 Å². The number of halogens is 1. The zero-order valence-electron chi connectivity index (χ0n) is 17.5. The van der Waals surface area contributed by atoms with Gasteiger partial charge in [0.25, 0.3) is 0 Å². The van der Waals surface area contributed by atoms with Gasteiger partial charge in [0.15, 0.2) is 0 Å². The Morgan fingerprint density at radius 1 is 0.800 bits per heavy atom. The number of benzene rings is 2. The maximum atomic E-state index is 9.81. The number of aliphatic hydroxyl groups is 3. The van der Waals surface area contributed by atoms with Gasteiger partial charge in [0.05, 0.1) is 25.7 Å². The lowest BCUT2D eigenvalue weighted by molar-refractivity contribution is 0.00134. The van der Waals surface area contributed by atoms with Crippen LogP contribution in [0.1, 0.15) is 25.0 Å². The molecule has 2 unspecified atom stereocenters. The van der Waals surface area contributed by atoms with E-state index in [0.29, 0.717) is 11.5 Å². The van der Waals surface area contributed by atoms with Crippen molar-refractivity contribution in [2.75, 3.05) is 38.9 Å². The average molecular weight is 439 g/mol. The number of ether oxygens (including phenoxy) is 3. The third kappa shape index (κ3) is 7.45. The van der Waals surface area contributed by atoms with Crippen LogP contribution < -0.4 is 9.47 Å². The number of hydrogen-bond acceptors (Lipinski definition) is 6. The van der Waals surface area contributed by atoms with E-state index in [1.54, 1.807) is 0 Å². The lowest BCUT2D eigenvalue weighted by Crippen LogP contribution is -2.24. The summed E-state index contributed by atoms with van der Waals surface area (Å²) in [6.07, 6.45) is -1.43. The fourth-order valence-corrected chi connectivity index (χ4v) is 2.95. The summed E-state index contributed by atoms with van der Waals surface area (Å²) in [5, 5.41) is 28.0. The molecule has 2 atom stereocenters. The number of hydrogen-bond donors (Lipinski definition) is 3. The Morgan fingerprint density at radius 3 is 1.70 bits per heavy atom. The minimum absolute atomic E-state index is 0.0717. The van der Waals surface area contributed by atoms with Crippen molar-refractivity contribution in [1.82, 2.24) is 0 Å². The van der Waals surface area contributed by atoms with Gasteiger partial charge in [-0.25, -0.2) is 0 Å². The fourth-order valence-electron chi connectivity index (χ4n) is 2.86. The van der Waals surface area contributed by atoms with Crippen LogP contribution >= 0.6 is 11.6 Å². The second-order valence-electron chi connectivity index (χ2n) is 7.56. The molecule has 30 heavy (non-hydrogen) atoms. The van der Waals surface area contributed by atoms with E-state index >= 15 is 0 Å². The molecule has 0 radical (unpaired) electrons. The molecule has 0 saturated heterocycles. The minimum atomic E-state index is -0.751. The zero-order valence-corrected chi connectivity index (χ0v) is 18.2. The molecule has 2 aromatic rings. The zero-order chi connectivity index (χ0) is 22.0. The van der Waals surface area contributed by atoms with Crippen LogP contribution in [-0.4, -0.2) is 66.4 Å². The summed E-state index contributed by atoms with van der Waals surface area (Å²) in [6.45, 7) is 4.80. The Hall–Kier alpha value is -1.83. The van der Waals surface area contributed by atoms with Crippen molar-refractivity contribution in [1.29, 1.82) is 0 Å². The van der Waals surface area contributed by atoms with Crippen molar-refractivity contribution >= 4 is 11.6 Å². The second-order valence-corrected chi connectivity index (χ2v) is 7.86. The smallest absolute Gasteiger partial charge is 0.119 e. The Bertz CT molecular complexity index is 732. The lowest BCUT2D eigenvalue weighted by atomic mass is 9.78. The first-order valence-corrected chi connectivity index (χ1v) is 10.5. The maximum Gasteiger partial charge on any atom is 0.119 e. The highest BCUT2D eigenvalue weighted by molar-refractivity contribution is 6.18. The molecule has 0 aliphatic heterocycles. The first kappa shape index (κ1) is 24.4. The highest BCUT2D eigenvalue weighted by atomic mass is 35.5. The van der Waals surface area contributed by atoms with Crippen molar-refractivity contribution in [3.8, 4) is 11.5 Å². The van der Waals surface area contributed by atoms with Crippen LogP contribution in [0, 0.1) is 0 Å². The minimum Gasteiger partial charge on any atom is -0.491 e. The van der Waals surface area contributed by atoms with E-state index in [0.717, 1.165) is 11.1 Å². The van der Waals surface area contributed by atoms with Crippen LogP contribution in [0.2, 0.25) is 0 Å². The van der Waals surface area contributed by atoms with Gasteiger partial charge in [-0.05, 0) is 35.4 Å². The summed E-state index contributed by atoms with van der Waals surface area (Å²) >= 11 is 5.58. The van der Waals surface area contributed by atoms with Gasteiger partial charge in [-0.2, -0.15) is 0 Å². The monoisotopic (exact) mass is 438 g/mol. The van der Waals surface area contributed by atoms with Crippen molar-refractivity contribution in [2.24, 2.45) is 0 Å². The van der Waals surface area contributed by atoms with Gasteiger partial charge >= 0.3 is 0 Å². The van der Waals surface area contributed by atoms with Crippen LogP contribution in [0.4, 0.5) is 0 Å². The summed E-state index contributed by atoms with van der Waals surface area (Å²) < 4.78 is 16.2. The van der Waals surface area contributed by atoms with E-state index in [1.807, 2.05) is 48.5 Å². The van der Waals surface area contributed by atoms with E-state index in [4.69, 9.17) is 30.9 Å². The average Bonchev–Trinajstić information content (AvgIpc) is 2.76. The normalized spacial score (nSPS) is 13.7. The summed E-state index contributed by atoms with van der Waals surface area (Å²) in [5.74, 6) is 1.49. The molecule has 6 nitrogen and oxygen atoms in total. The molecule has 0 fully saturated rings. The standard InChI is InChI=1S/C23H31ClO6/c1-23(2,17-3-7-21(8-4-17)29-15-19(26)13-24)18-5-9-22(10-6-18)30-16-20(27)14-28-12-11-25/h3-10,19-20,25-27H,11-16H2,1-2H3. The third-order valence-electron chi connectivity index (χ3n) is 4.76. The van der Waals surface area contributed by atoms with Gasteiger partial charge in [0.1, 0.15) is 36.9 Å². The van der Waals surface area contributed by atoms with Crippen LogP contribution in [0.3, 0.4) is 0 Å². The molecule has 2 rings (SSSR count). The first-order chi connectivity index (χ1) is 14.4. The molecule has 0 aliphatic rings. The second kappa shape index (κ2) is 12.1. The molecule has 3 N–H and O–H groups in total. The Labute approximate surface area is 183 Å². The van der Waals surface area contributed by atoms with E-state index in [9.17, 15) is 10.2 Å². The Balaban J connectivity index is 1.94. The van der Waals surface area contributed by atoms with Crippen LogP contribution in [0.5, 0.6) is 11.5 Å². The van der Waals surface area contributed by atoms with Crippen molar-refractivity contribution in [3.05, 3.63) is 59.7 Å². The third-order valence-corrected chi connectivity index (χ3v) is 5.12. The predicted molar refractivity (Wildman–Crippen MR) is 117 cm³/mol. The van der Waals surface area contributed by atoms with Crippen LogP contribution in [0.25, 0.3) is 0 Å². The molecular weight excluding hydrogens is 408 g/mol. The van der Waals surface area contributed by atoms with Gasteiger partial charge in [-0.1, -0.05) is 38.1 Å². The molecule has 0 heterocycles. The first-order valence-electron chi connectivity index (χ1n) is 9.94. The Kier molecular flexibility index (Phi) is 9.88. The largest absolute Gasteiger partial charge is 0.491 e. The molecule has 0 saturated carbocycles. The summed E-state index contributed by atoms with van der Waals surface area (Å²) in [7, 11) is 0. The summed E-state index contributed by atoms with van der Waals surface area (Å²) in [4.78, 5) is 0. The Morgan fingerprint density at radius 2 is 1.27 bits per heavy atom. The van der Waals surface area contributed by atoms with Crippen molar-refractivity contribution < 1.29 is 29.5 Å². The molecule has 0 aromatic heterocycles. The van der Waals surface area contributed by atoms with E-state index < -0.39 is 12.2 Å². The van der Waals surface area contributed by atoms with Gasteiger partial charge in [0, 0.05) is 5.41 Å². The van der Waals surface area contributed by atoms with Gasteiger partial charge in [-0.3, -0.25) is 0 Å². The number of alkyl halides is 1. The highest BCUT2D eigenvalue weighted by Crippen LogP contribution is 2.33. The molecular formula is C23H31ClO6. The molecule has 0 spiro atoms. The van der Waals surface area contributed by atoms with Crippen molar-refractivity contribution in [3.63, 3.8) is 0 Å². The lowest BCUT2D eigenvalue weighted by Gasteiger charge is -2.26. The maximum absolute atomic E-state index is 9.81. The van der Waals surface area contributed by atoms with Crippen molar-refractivity contribution in [2.45, 2.75) is 31.5 Å². The molecule has 0 aliphatic carbocycles. The molecule has 0 amide bonds. The SMILES string of the molecule is CC(C)(c1ccc(OCC(O)CCl)cc1)c1ccc(OCC(O)COCCO)cc1. The summed E-state index contributed by atoms with van der Waals surface area (Å²) in [5.41, 5.74) is 2.01. The molecule has 166 valence electrons. The highest BCUT2D eigenvalue weighted by Gasteiger charge is 2.23. The van der Waals surface area contributed by atoms with E-state index in [1.165, 1.54) is 0 Å². The fraction of sp³-hybridized carbons (Fsp3) is 0.478. The van der Waals surface area contributed by atoms with Gasteiger partial charge in [-0.15, -0.1) is 11.6 Å². The molecule has 0 bridgehead atoms. The molecule has 7 heteroatoms. The van der Waals surface area contributed by atoms with E-state index in [-0.39, 0.29) is 44.3 Å². The molecule has 2 aromatic carbocycles. The van der Waals surface area contributed by atoms with E-state index in [2.05, 4.69) is 13.8 Å². The predicted octanol–water partition coefficient (Wildman–Crippen LogP) is 2.74.